The minimum atomic E-state index is -1.29. The third kappa shape index (κ3) is 4.79. The summed E-state index contributed by atoms with van der Waals surface area (Å²) >= 11 is 0. The molecule has 1 aromatic heterocycles. The molecule has 1 amide bonds. The number of H-pyrrole nitrogens is 1. The summed E-state index contributed by atoms with van der Waals surface area (Å²) in [6.45, 7) is 8.67. The van der Waals surface area contributed by atoms with Gasteiger partial charge in [-0.2, -0.15) is 4.57 Å². The first-order valence-corrected chi connectivity index (χ1v) is 9.54. The number of aromatic amines is 1. The Labute approximate surface area is 162 Å². The van der Waals surface area contributed by atoms with Crippen LogP contribution >= 0.6 is 0 Å². The molecule has 0 aliphatic carbocycles. The second-order valence-electron chi connectivity index (χ2n) is 7.49. The highest BCUT2D eigenvalue weighted by Gasteiger charge is 2.19. The van der Waals surface area contributed by atoms with Gasteiger partial charge in [-0.25, -0.2) is 9.59 Å². The largest absolute Gasteiger partial charge is 0.464 e. The summed E-state index contributed by atoms with van der Waals surface area (Å²) in [6.07, 6.45) is -0.519. The van der Waals surface area contributed by atoms with E-state index in [4.69, 9.17) is 0 Å². The fourth-order valence-electron chi connectivity index (χ4n) is 3.52. The van der Waals surface area contributed by atoms with Gasteiger partial charge in [0.1, 0.15) is 0 Å². The molecule has 3 rings (SSSR count). The third-order valence-corrected chi connectivity index (χ3v) is 4.94. The number of carbonyl (C=O) groups is 2. The summed E-state index contributed by atoms with van der Waals surface area (Å²) < 4.78 is 0.736. The molecule has 0 unspecified atom stereocenters. The predicted molar refractivity (Wildman–Crippen MR) is 106 cm³/mol. The Kier molecular flexibility index (Phi) is 6.15. The zero-order valence-corrected chi connectivity index (χ0v) is 16.3. The normalized spacial score (nSPS) is 16.0. The molecule has 0 spiro atoms. The Bertz CT molecular complexity index is 909. The summed E-state index contributed by atoms with van der Waals surface area (Å²) in [5.74, 6) is 0.0627. The monoisotopic (exact) mass is 389 g/mol. The number of carbonyl (C=O) groups excluding carboxylic acids is 1. The number of benzene rings is 1. The van der Waals surface area contributed by atoms with E-state index in [0.29, 0.717) is 17.6 Å². The lowest BCUT2D eigenvalue weighted by molar-refractivity contribution is -0.123. The number of hydrogen-bond acceptors (Lipinski definition) is 5. The first kappa shape index (κ1) is 20.1. The zero-order chi connectivity index (χ0) is 20.3. The minimum Gasteiger partial charge on any atom is -0.464 e. The molecule has 1 aliphatic heterocycles. The van der Waals surface area contributed by atoms with Crippen LogP contribution in [0.15, 0.2) is 23.0 Å². The predicted octanol–water partition coefficient (Wildman–Crippen LogP) is 0.540. The average Bonchev–Trinajstić information content (AvgIpc) is 2.95. The number of amides is 1. The summed E-state index contributed by atoms with van der Waals surface area (Å²) in [7, 11) is 0. The zero-order valence-electron chi connectivity index (χ0n) is 16.3. The van der Waals surface area contributed by atoms with Crippen LogP contribution in [-0.4, -0.2) is 81.8 Å². The summed E-state index contributed by atoms with van der Waals surface area (Å²) in [5, 5.41) is 12.1. The van der Waals surface area contributed by atoms with Crippen molar-refractivity contribution in [3.63, 3.8) is 0 Å². The van der Waals surface area contributed by atoms with E-state index in [9.17, 15) is 19.5 Å². The van der Waals surface area contributed by atoms with Crippen molar-refractivity contribution in [2.45, 2.75) is 26.3 Å². The highest BCUT2D eigenvalue weighted by atomic mass is 16.4. The highest BCUT2D eigenvalue weighted by Crippen LogP contribution is 2.14. The van der Waals surface area contributed by atoms with Crippen LogP contribution in [0.3, 0.4) is 0 Å². The van der Waals surface area contributed by atoms with Crippen molar-refractivity contribution < 1.29 is 14.7 Å². The Morgan fingerprint density at radius 1 is 1.18 bits per heavy atom. The van der Waals surface area contributed by atoms with Gasteiger partial charge in [0, 0.05) is 38.8 Å². The summed E-state index contributed by atoms with van der Waals surface area (Å²) in [6, 6.07) is 5.57. The molecule has 2 heterocycles. The Hall–Kier alpha value is -2.65. The molecule has 3 N–H and O–H groups in total. The molecule has 2 aromatic rings. The fraction of sp³-hybridized carbons (Fsp3) is 0.526. The van der Waals surface area contributed by atoms with Gasteiger partial charge in [-0.05, 0) is 38.0 Å². The summed E-state index contributed by atoms with van der Waals surface area (Å²) in [5.41, 5.74) is 1.25. The lowest BCUT2D eigenvalue weighted by atomic mass is 10.1. The second kappa shape index (κ2) is 8.57. The van der Waals surface area contributed by atoms with Crippen molar-refractivity contribution in [3.8, 4) is 0 Å². The van der Waals surface area contributed by atoms with E-state index < -0.39 is 11.8 Å². The van der Waals surface area contributed by atoms with Crippen molar-refractivity contribution >= 4 is 23.0 Å². The van der Waals surface area contributed by atoms with E-state index in [2.05, 4.69) is 20.1 Å². The number of aromatic nitrogens is 2. The SMILES string of the molecule is CC(C)NC(=O)CN1CCN(CCc2ccc3[nH]c(=O)n(C(=O)O)c3c2)CC1. The molecule has 1 saturated heterocycles. The summed E-state index contributed by atoms with van der Waals surface area (Å²) in [4.78, 5) is 41.9. The van der Waals surface area contributed by atoms with Gasteiger partial charge in [-0.3, -0.25) is 9.69 Å². The van der Waals surface area contributed by atoms with Crippen LogP contribution in [0.5, 0.6) is 0 Å². The van der Waals surface area contributed by atoms with Crippen LogP contribution in [0.4, 0.5) is 4.79 Å². The van der Waals surface area contributed by atoms with Gasteiger partial charge in [0.05, 0.1) is 17.6 Å². The lowest BCUT2D eigenvalue weighted by Crippen LogP contribution is -2.50. The molecule has 0 saturated carbocycles. The Morgan fingerprint density at radius 3 is 2.50 bits per heavy atom. The fourth-order valence-corrected chi connectivity index (χ4v) is 3.52. The number of piperazine rings is 1. The molecule has 9 nitrogen and oxygen atoms in total. The van der Waals surface area contributed by atoms with Gasteiger partial charge < -0.3 is 20.3 Å². The van der Waals surface area contributed by atoms with Gasteiger partial charge in [0.25, 0.3) is 0 Å². The molecule has 9 heteroatoms. The van der Waals surface area contributed by atoms with Crippen LogP contribution in [0.1, 0.15) is 19.4 Å². The molecule has 0 atom stereocenters. The molecule has 0 radical (unpaired) electrons. The number of nitrogens with zero attached hydrogens (tertiary/aromatic N) is 3. The topological polar surface area (TPSA) is 111 Å². The minimum absolute atomic E-state index is 0.0627. The maximum atomic E-state index is 11.9. The van der Waals surface area contributed by atoms with Crippen molar-refractivity contribution in [1.82, 2.24) is 24.7 Å². The molecule has 0 bridgehead atoms. The van der Waals surface area contributed by atoms with Crippen LogP contribution in [0.25, 0.3) is 11.0 Å². The number of nitrogens with one attached hydrogen (secondary N) is 2. The first-order chi connectivity index (χ1) is 13.3. The quantitative estimate of drug-likeness (QED) is 0.665. The van der Waals surface area contributed by atoms with Gasteiger partial charge >= 0.3 is 11.8 Å². The Morgan fingerprint density at radius 2 is 1.86 bits per heavy atom. The number of carboxylic acid groups (broad SMARTS) is 1. The van der Waals surface area contributed by atoms with Crippen LogP contribution in [-0.2, 0) is 11.2 Å². The van der Waals surface area contributed by atoms with Crippen molar-refractivity contribution in [1.29, 1.82) is 0 Å². The van der Waals surface area contributed by atoms with E-state index in [0.717, 1.165) is 49.3 Å². The molecule has 1 aromatic carbocycles. The first-order valence-electron chi connectivity index (χ1n) is 9.54. The van der Waals surface area contributed by atoms with Crippen molar-refractivity contribution in [2.75, 3.05) is 39.3 Å². The number of rotatable bonds is 6. The molecular weight excluding hydrogens is 362 g/mol. The number of hydrogen-bond donors (Lipinski definition) is 3. The van der Waals surface area contributed by atoms with Crippen molar-refractivity contribution in [3.05, 3.63) is 34.2 Å². The van der Waals surface area contributed by atoms with Crippen molar-refractivity contribution in [2.24, 2.45) is 0 Å². The van der Waals surface area contributed by atoms with E-state index in [-0.39, 0.29) is 11.9 Å². The maximum Gasteiger partial charge on any atom is 0.420 e. The molecule has 152 valence electrons. The molecular formula is C19H27N5O4. The number of fused-ring (bicyclic) bond motifs is 1. The molecule has 28 heavy (non-hydrogen) atoms. The maximum absolute atomic E-state index is 11.9. The van der Waals surface area contributed by atoms with Crippen LogP contribution in [0, 0.1) is 0 Å². The van der Waals surface area contributed by atoms with E-state index in [1.165, 1.54) is 0 Å². The lowest BCUT2D eigenvalue weighted by Gasteiger charge is -2.34. The van der Waals surface area contributed by atoms with E-state index in [1.807, 2.05) is 19.9 Å². The van der Waals surface area contributed by atoms with Crippen LogP contribution < -0.4 is 11.0 Å². The van der Waals surface area contributed by atoms with E-state index in [1.54, 1.807) is 12.1 Å². The van der Waals surface area contributed by atoms with Gasteiger partial charge in [0.15, 0.2) is 0 Å². The molecule has 1 aliphatic rings. The van der Waals surface area contributed by atoms with Gasteiger partial charge in [-0.1, -0.05) is 6.07 Å². The number of imidazole rings is 1. The highest BCUT2D eigenvalue weighted by molar-refractivity contribution is 5.85. The third-order valence-electron chi connectivity index (χ3n) is 4.94. The molecule has 1 fully saturated rings. The van der Waals surface area contributed by atoms with Gasteiger partial charge in [-0.15, -0.1) is 0 Å². The Balaban J connectivity index is 1.53. The van der Waals surface area contributed by atoms with Gasteiger partial charge in [0.2, 0.25) is 5.91 Å². The van der Waals surface area contributed by atoms with Crippen LogP contribution in [0.2, 0.25) is 0 Å². The standard InChI is InChI=1S/C19H27N5O4/c1-13(2)20-17(25)12-23-9-7-22(8-10-23)6-5-14-3-4-15-16(11-14)24(19(27)28)18(26)21-15/h3-4,11,13H,5-10,12H2,1-2H3,(H,20,25)(H,21,26)(H,27,28). The smallest absolute Gasteiger partial charge is 0.420 e. The van der Waals surface area contributed by atoms with E-state index >= 15 is 0 Å². The average molecular weight is 389 g/mol. The second-order valence-corrected chi connectivity index (χ2v) is 7.49.